The highest BCUT2D eigenvalue weighted by Crippen LogP contribution is 2.28. The second-order valence-electron chi connectivity index (χ2n) is 7.93. The summed E-state index contributed by atoms with van der Waals surface area (Å²) in [7, 11) is 1.30. The van der Waals surface area contributed by atoms with E-state index in [1.165, 1.54) is 19.4 Å². The Kier molecular flexibility index (Phi) is 10.1. The van der Waals surface area contributed by atoms with Gasteiger partial charge in [0.05, 0.1) is 23.9 Å². The summed E-state index contributed by atoms with van der Waals surface area (Å²) in [6.07, 6.45) is 0.715. The molecule has 0 unspecified atom stereocenters. The summed E-state index contributed by atoms with van der Waals surface area (Å²) in [6, 6.07) is 19.5. The molecule has 37 heavy (non-hydrogen) atoms. The van der Waals surface area contributed by atoms with Gasteiger partial charge in [0.2, 0.25) is 0 Å². The smallest absolute Gasteiger partial charge is 0.337 e. The third-order valence-corrected chi connectivity index (χ3v) is 5.73. The van der Waals surface area contributed by atoms with Crippen molar-refractivity contribution >= 4 is 47.2 Å². The van der Waals surface area contributed by atoms with E-state index in [-0.39, 0.29) is 11.4 Å². The zero-order valence-electron chi connectivity index (χ0n) is 20.1. The van der Waals surface area contributed by atoms with Gasteiger partial charge < -0.3 is 14.8 Å². The number of esters is 1. The topological polar surface area (TPSA) is 106 Å². The van der Waals surface area contributed by atoms with Crippen molar-refractivity contribution in [2.45, 2.75) is 25.5 Å². The van der Waals surface area contributed by atoms with Gasteiger partial charge in [-0.2, -0.15) is 5.10 Å². The lowest BCUT2D eigenvalue weighted by molar-refractivity contribution is -0.132. The standard InChI is InChI=1S/C27H25Cl2N3O5/c1-17(37-24-13-12-21(28)15-22(24)29)25(33)31-23(14-18-6-4-3-5-7-18)26(34)32-30-16-19-8-10-20(11-9-19)27(35)36-2/h3-13,15-17,23H,14H2,1-2H3,(H,31,33)(H,32,34)/b30-16-/t17-,23-/m1/s1. The van der Waals surface area contributed by atoms with Crippen LogP contribution in [-0.4, -0.2) is 43.3 Å². The largest absolute Gasteiger partial charge is 0.479 e. The van der Waals surface area contributed by atoms with Gasteiger partial charge in [0.25, 0.3) is 11.8 Å². The Balaban J connectivity index is 1.67. The molecule has 0 saturated carbocycles. The van der Waals surface area contributed by atoms with E-state index in [0.717, 1.165) is 5.56 Å². The maximum atomic E-state index is 13.0. The van der Waals surface area contributed by atoms with E-state index < -0.39 is 29.9 Å². The molecule has 3 aromatic carbocycles. The minimum Gasteiger partial charge on any atom is -0.479 e. The summed E-state index contributed by atoms with van der Waals surface area (Å²) in [4.78, 5) is 37.4. The average molecular weight is 542 g/mol. The zero-order valence-corrected chi connectivity index (χ0v) is 21.6. The number of nitrogens with one attached hydrogen (secondary N) is 2. The molecule has 0 aromatic heterocycles. The number of hydrogen-bond donors (Lipinski definition) is 2. The molecule has 2 atom stereocenters. The predicted octanol–water partition coefficient (Wildman–Crippen LogP) is 4.43. The molecule has 192 valence electrons. The predicted molar refractivity (Wildman–Crippen MR) is 142 cm³/mol. The van der Waals surface area contributed by atoms with E-state index >= 15 is 0 Å². The maximum Gasteiger partial charge on any atom is 0.337 e. The van der Waals surface area contributed by atoms with Crippen LogP contribution in [0.1, 0.15) is 28.4 Å². The second-order valence-corrected chi connectivity index (χ2v) is 8.78. The van der Waals surface area contributed by atoms with Crippen molar-refractivity contribution in [2.75, 3.05) is 7.11 Å². The molecule has 3 aromatic rings. The van der Waals surface area contributed by atoms with Crippen molar-refractivity contribution < 1.29 is 23.9 Å². The first-order valence-corrected chi connectivity index (χ1v) is 12.0. The van der Waals surface area contributed by atoms with Crippen LogP contribution in [0.25, 0.3) is 0 Å². The first kappa shape index (κ1) is 27.7. The molecule has 0 bridgehead atoms. The fraction of sp³-hybridized carbons (Fsp3) is 0.185. The SMILES string of the molecule is COC(=O)c1ccc(/C=N\NC(=O)[C@@H](Cc2ccccc2)NC(=O)[C@@H](C)Oc2ccc(Cl)cc2Cl)cc1. The van der Waals surface area contributed by atoms with E-state index in [0.29, 0.717) is 21.9 Å². The van der Waals surface area contributed by atoms with Gasteiger partial charge in [-0.25, -0.2) is 10.2 Å². The Morgan fingerprint density at radius 1 is 0.973 bits per heavy atom. The number of amides is 2. The fourth-order valence-electron chi connectivity index (χ4n) is 3.23. The molecule has 3 rings (SSSR count). The molecule has 0 heterocycles. The van der Waals surface area contributed by atoms with Crippen molar-refractivity contribution in [3.8, 4) is 5.75 Å². The normalized spacial score (nSPS) is 12.4. The quantitative estimate of drug-likeness (QED) is 0.224. The third kappa shape index (κ3) is 8.34. The summed E-state index contributed by atoms with van der Waals surface area (Å²) in [5, 5.41) is 7.41. The Hall–Kier alpha value is -3.88. The number of methoxy groups -OCH3 is 1. The van der Waals surface area contributed by atoms with Crippen molar-refractivity contribution in [1.29, 1.82) is 0 Å². The molecule has 2 N–H and O–H groups in total. The summed E-state index contributed by atoms with van der Waals surface area (Å²) >= 11 is 12.0. The minimum atomic E-state index is -0.943. The summed E-state index contributed by atoms with van der Waals surface area (Å²) in [5.74, 6) is -1.19. The lowest BCUT2D eigenvalue weighted by Crippen LogP contribution is -2.50. The van der Waals surface area contributed by atoms with Gasteiger partial charge in [0.1, 0.15) is 11.8 Å². The van der Waals surface area contributed by atoms with Crippen LogP contribution in [-0.2, 0) is 20.7 Å². The second kappa shape index (κ2) is 13.4. The lowest BCUT2D eigenvalue weighted by atomic mass is 10.1. The molecule has 0 aliphatic carbocycles. The van der Waals surface area contributed by atoms with Crippen molar-refractivity contribution in [1.82, 2.24) is 10.7 Å². The Bertz CT molecular complexity index is 1270. The fourth-order valence-corrected chi connectivity index (χ4v) is 3.69. The molecular formula is C27H25Cl2N3O5. The number of ether oxygens (including phenoxy) is 2. The van der Waals surface area contributed by atoms with Crippen LogP contribution in [0.4, 0.5) is 0 Å². The molecule has 2 amide bonds. The summed E-state index contributed by atoms with van der Waals surface area (Å²) in [6.45, 7) is 1.55. The molecule has 0 radical (unpaired) electrons. The molecule has 8 nitrogen and oxygen atoms in total. The Morgan fingerprint density at radius 3 is 2.32 bits per heavy atom. The van der Waals surface area contributed by atoms with Crippen LogP contribution < -0.4 is 15.5 Å². The lowest BCUT2D eigenvalue weighted by Gasteiger charge is -2.21. The van der Waals surface area contributed by atoms with Gasteiger partial charge in [-0.3, -0.25) is 9.59 Å². The number of rotatable bonds is 10. The van der Waals surface area contributed by atoms with E-state index in [1.807, 2.05) is 30.3 Å². The molecule has 10 heteroatoms. The molecule has 0 spiro atoms. The minimum absolute atomic E-state index is 0.232. The van der Waals surface area contributed by atoms with Gasteiger partial charge in [-0.05, 0) is 48.4 Å². The van der Waals surface area contributed by atoms with Gasteiger partial charge in [-0.15, -0.1) is 0 Å². The van der Waals surface area contributed by atoms with Crippen LogP contribution in [0.2, 0.25) is 10.0 Å². The third-order valence-electron chi connectivity index (χ3n) is 5.20. The Labute approximate surface area is 224 Å². The van der Waals surface area contributed by atoms with Crippen molar-refractivity contribution in [3.63, 3.8) is 0 Å². The van der Waals surface area contributed by atoms with E-state index in [2.05, 4.69) is 20.6 Å². The highest BCUT2D eigenvalue weighted by atomic mass is 35.5. The monoisotopic (exact) mass is 541 g/mol. The number of halogens is 2. The first-order chi connectivity index (χ1) is 17.8. The molecule has 0 aliphatic rings. The number of nitrogens with zero attached hydrogens (tertiary/aromatic N) is 1. The van der Waals surface area contributed by atoms with Crippen LogP contribution in [0, 0.1) is 0 Å². The van der Waals surface area contributed by atoms with E-state index in [1.54, 1.807) is 43.3 Å². The maximum absolute atomic E-state index is 13.0. The van der Waals surface area contributed by atoms with Gasteiger partial charge in [0.15, 0.2) is 6.10 Å². The zero-order chi connectivity index (χ0) is 26.8. The van der Waals surface area contributed by atoms with Crippen molar-refractivity contribution in [2.24, 2.45) is 5.10 Å². The molecule has 0 saturated heterocycles. The summed E-state index contributed by atoms with van der Waals surface area (Å²) < 4.78 is 10.3. The van der Waals surface area contributed by atoms with Crippen LogP contribution >= 0.6 is 23.2 Å². The van der Waals surface area contributed by atoms with Crippen LogP contribution in [0.3, 0.4) is 0 Å². The number of benzene rings is 3. The number of carbonyl (C=O) groups excluding carboxylic acids is 3. The molecular weight excluding hydrogens is 517 g/mol. The van der Waals surface area contributed by atoms with Crippen molar-refractivity contribution in [3.05, 3.63) is 99.5 Å². The van der Waals surface area contributed by atoms with Gasteiger partial charge in [-0.1, -0.05) is 65.7 Å². The highest BCUT2D eigenvalue weighted by Gasteiger charge is 2.25. The van der Waals surface area contributed by atoms with E-state index in [4.69, 9.17) is 27.9 Å². The average Bonchev–Trinajstić information content (AvgIpc) is 2.90. The number of hydrogen-bond acceptors (Lipinski definition) is 6. The van der Waals surface area contributed by atoms with E-state index in [9.17, 15) is 14.4 Å². The van der Waals surface area contributed by atoms with Gasteiger partial charge >= 0.3 is 5.97 Å². The summed E-state index contributed by atoms with van der Waals surface area (Å²) in [5.41, 5.74) is 4.35. The number of carbonyl (C=O) groups is 3. The van der Waals surface area contributed by atoms with Gasteiger partial charge in [0, 0.05) is 11.4 Å². The molecule has 0 fully saturated rings. The molecule has 0 aliphatic heterocycles. The highest BCUT2D eigenvalue weighted by molar-refractivity contribution is 6.35. The Morgan fingerprint density at radius 2 is 1.68 bits per heavy atom. The number of hydrazone groups is 1. The first-order valence-electron chi connectivity index (χ1n) is 11.2. The van der Waals surface area contributed by atoms with Crippen LogP contribution in [0.5, 0.6) is 5.75 Å². The van der Waals surface area contributed by atoms with Crippen LogP contribution in [0.15, 0.2) is 77.9 Å².